The van der Waals surface area contributed by atoms with Crippen molar-refractivity contribution >= 4 is 31.7 Å². The van der Waals surface area contributed by atoms with E-state index in [1.54, 1.807) is 0 Å². The van der Waals surface area contributed by atoms with Gasteiger partial charge in [0.2, 0.25) is 5.91 Å². The maximum atomic E-state index is 11.1. The smallest absolute Gasteiger partial charge is 0.235 e. The van der Waals surface area contributed by atoms with Crippen LogP contribution in [0.4, 0.5) is 0 Å². The Kier molecular flexibility index (Phi) is 7.17. The van der Waals surface area contributed by atoms with Gasteiger partial charge in [-0.05, 0) is 18.8 Å². The lowest BCUT2D eigenvalue weighted by molar-refractivity contribution is -0.118. The molecule has 0 bridgehead atoms. The van der Waals surface area contributed by atoms with Crippen molar-refractivity contribution in [1.82, 2.24) is 5.32 Å². The maximum Gasteiger partial charge on any atom is 0.235 e. The van der Waals surface area contributed by atoms with Gasteiger partial charge in [0.05, 0.1) is 0 Å². The lowest BCUT2D eigenvalue weighted by atomic mass is 10.1. The van der Waals surface area contributed by atoms with Gasteiger partial charge in [0.15, 0.2) is 9.84 Å². The Labute approximate surface area is 99.9 Å². The molecule has 1 atom stereocenters. The van der Waals surface area contributed by atoms with Crippen LogP contribution in [0.2, 0.25) is 0 Å². The molecule has 0 aromatic rings. The summed E-state index contributed by atoms with van der Waals surface area (Å²) in [6.07, 6.45) is 2.95. The van der Waals surface area contributed by atoms with Crippen LogP contribution in [0.15, 0.2) is 0 Å². The number of hydrogen-bond donors (Lipinski definition) is 1. The third-order valence-corrected chi connectivity index (χ3v) is 3.74. The van der Waals surface area contributed by atoms with E-state index in [2.05, 4.69) is 28.2 Å². The Morgan fingerprint density at radius 2 is 2.07 bits per heavy atom. The summed E-state index contributed by atoms with van der Waals surface area (Å²) in [5, 5.41) is 3.53. The van der Waals surface area contributed by atoms with E-state index in [1.165, 1.54) is 0 Å². The third kappa shape index (κ3) is 10.2. The molecule has 1 amide bonds. The first-order valence-corrected chi connectivity index (χ1v) is 8.03. The fraction of sp³-hybridized carbons (Fsp3) is 0.889. The van der Waals surface area contributed by atoms with Gasteiger partial charge in [0, 0.05) is 18.1 Å². The van der Waals surface area contributed by atoms with Gasteiger partial charge in [-0.3, -0.25) is 4.79 Å². The van der Waals surface area contributed by atoms with E-state index in [4.69, 9.17) is 0 Å². The Morgan fingerprint density at radius 3 is 2.53 bits per heavy atom. The fourth-order valence-electron chi connectivity index (χ4n) is 1.04. The van der Waals surface area contributed by atoms with Crippen LogP contribution in [0.1, 0.15) is 19.8 Å². The molecule has 0 aliphatic carbocycles. The molecule has 0 saturated heterocycles. The molecular weight excluding hydrogens is 282 g/mol. The van der Waals surface area contributed by atoms with E-state index in [9.17, 15) is 13.2 Å². The summed E-state index contributed by atoms with van der Waals surface area (Å²) in [6.45, 7) is 2.67. The summed E-state index contributed by atoms with van der Waals surface area (Å²) < 4.78 is 21.5. The predicted molar refractivity (Wildman–Crippen MR) is 64.9 cm³/mol. The molecule has 0 radical (unpaired) electrons. The Morgan fingerprint density at radius 1 is 1.47 bits per heavy atom. The van der Waals surface area contributed by atoms with Crippen LogP contribution >= 0.6 is 15.9 Å². The van der Waals surface area contributed by atoms with Crippen LogP contribution in [0, 0.1) is 5.92 Å². The molecule has 0 heterocycles. The molecule has 6 heteroatoms. The molecule has 0 aromatic carbocycles. The summed E-state index contributed by atoms with van der Waals surface area (Å²) in [5.41, 5.74) is 0. The first kappa shape index (κ1) is 14.9. The number of halogens is 1. The van der Waals surface area contributed by atoms with Crippen LogP contribution in [-0.2, 0) is 14.6 Å². The normalized spacial score (nSPS) is 13.5. The zero-order chi connectivity index (χ0) is 11.9. The second kappa shape index (κ2) is 7.22. The number of rotatable bonds is 7. The van der Waals surface area contributed by atoms with Gasteiger partial charge in [-0.2, -0.15) is 0 Å². The van der Waals surface area contributed by atoms with Crippen LogP contribution < -0.4 is 5.32 Å². The quantitative estimate of drug-likeness (QED) is 0.562. The fourth-order valence-corrected chi connectivity index (χ4v) is 1.95. The summed E-state index contributed by atoms with van der Waals surface area (Å²) in [4.78, 5) is 11.1. The van der Waals surface area contributed by atoms with Crippen LogP contribution in [0.25, 0.3) is 0 Å². The molecule has 1 unspecified atom stereocenters. The van der Waals surface area contributed by atoms with Crippen molar-refractivity contribution in [1.29, 1.82) is 0 Å². The topological polar surface area (TPSA) is 63.2 Å². The van der Waals surface area contributed by atoms with Gasteiger partial charge in [-0.15, -0.1) is 0 Å². The molecule has 0 aromatic heterocycles. The predicted octanol–water partition coefficient (Wildman–Crippen LogP) is 0.958. The number of alkyl halides is 1. The van der Waals surface area contributed by atoms with Crippen molar-refractivity contribution in [3.63, 3.8) is 0 Å². The molecular formula is C9H18BrNO3S. The number of hydrogen-bond acceptors (Lipinski definition) is 3. The minimum atomic E-state index is -3.20. The first-order valence-electron chi connectivity index (χ1n) is 4.85. The molecule has 1 N–H and O–H groups in total. The van der Waals surface area contributed by atoms with E-state index in [0.29, 0.717) is 12.5 Å². The Balaban J connectivity index is 3.57. The van der Waals surface area contributed by atoms with Crippen molar-refractivity contribution in [2.75, 3.05) is 23.9 Å². The summed E-state index contributed by atoms with van der Waals surface area (Å²) in [5.74, 6) is -0.248. The van der Waals surface area contributed by atoms with Crippen molar-refractivity contribution in [2.45, 2.75) is 19.8 Å². The van der Waals surface area contributed by atoms with E-state index < -0.39 is 21.5 Å². The highest BCUT2D eigenvalue weighted by atomic mass is 79.9. The molecule has 0 aliphatic rings. The average molecular weight is 300 g/mol. The molecule has 0 fully saturated rings. The maximum absolute atomic E-state index is 11.1. The van der Waals surface area contributed by atoms with Crippen LogP contribution in [-0.4, -0.2) is 38.2 Å². The van der Waals surface area contributed by atoms with Gasteiger partial charge < -0.3 is 5.32 Å². The monoisotopic (exact) mass is 299 g/mol. The molecule has 0 aliphatic heterocycles. The van der Waals surface area contributed by atoms with E-state index in [1.807, 2.05) is 0 Å². The summed E-state index contributed by atoms with van der Waals surface area (Å²) in [7, 11) is -3.20. The highest BCUT2D eigenvalue weighted by molar-refractivity contribution is 9.09. The zero-order valence-corrected chi connectivity index (χ0v) is 11.5. The van der Waals surface area contributed by atoms with Gasteiger partial charge in [-0.1, -0.05) is 22.9 Å². The average Bonchev–Trinajstić information content (AvgIpc) is 2.09. The van der Waals surface area contributed by atoms with Crippen molar-refractivity contribution < 1.29 is 13.2 Å². The lowest BCUT2D eigenvalue weighted by Gasteiger charge is -2.07. The third-order valence-electron chi connectivity index (χ3n) is 1.85. The standard InChI is InChI=1S/C9H18BrNO3S/c1-8(6-10)4-3-5-11-9(12)7-15(2,13)14/h8H,3-7H2,1-2H3,(H,11,12). The highest BCUT2D eigenvalue weighted by Crippen LogP contribution is 2.07. The Bertz CT molecular complexity index is 290. The van der Waals surface area contributed by atoms with Crippen LogP contribution in [0.5, 0.6) is 0 Å². The van der Waals surface area contributed by atoms with Crippen molar-refractivity contribution in [3.8, 4) is 0 Å². The minimum Gasteiger partial charge on any atom is -0.355 e. The summed E-state index contributed by atoms with van der Waals surface area (Å²) in [6, 6.07) is 0. The van der Waals surface area contributed by atoms with E-state index >= 15 is 0 Å². The molecule has 0 spiro atoms. The van der Waals surface area contributed by atoms with Gasteiger partial charge in [0.1, 0.15) is 5.75 Å². The van der Waals surface area contributed by atoms with E-state index in [-0.39, 0.29) is 0 Å². The molecule has 4 nitrogen and oxygen atoms in total. The number of sulfone groups is 1. The van der Waals surface area contributed by atoms with Crippen molar-refractivity contribution in [3.05, 3.63) is 0 Å². The molecule has 90 valence electrons. The molecule has 0 rings (SSSR count). The zero-order valence-electron chi connectivity index (χ0n) is 9.12. The SMILES string of the molecule is CC(CBr)CCCNC(=O)CS(C)(=O)=O. The van der Waals surface area contributed by atoms with Gasteiger partial charge in [0.25, 0.3) is 0 Å². The molecule has 15 heavy (non-hydrogen) atoms. The van der Waals surface area contributed by atoms with Gasteiger partial charge in [-0.25, -0.2) is 8.42 Å². The second-order valence-electron chi connectivity index (χ2n) is 3.82. The van der Waals surface area contributed by atoms with Crippen molar-refractivity contribution in [2.24, 2.45) is 5.92 Å². The number of nitrogens with one attached hydrogen (secondary N) is 1. The second-order valence-corrected chi connectivity index (χ2v) is 6.61. The number of amides is 1. The largest absolute Gasteiger partial charge is 0.355 e. The Hall–Kier alpha value is -0.100. The first-order chi connectivity index (χ1) is 6.85. The molecule has 0 saturated carbocycles. The lowest BCUT2D eigenvalue weighted by Crippen LogP contribution is -2.30. The highest BCUT2D eigenvalue weighted by Gasteiger charge is 2.09. The number of carbonyl (C=O) groups is 1. The summed E-state index contributed by atoms with van der Waals surface area (Å²) >= 11 is 3.37. The number of carbonyl (C=O) groups excluding carboxylic acids is 1. The van der Waals surface area contributed by atoms with Crippen LogP contribution in [0.3, 0.4) is 0 Å². The van der Waals surface area contributed by atoms with E-state index in [0.717, 1.165) is 24.4 Å². The minimum absolute atomic E-state index is 0.413. The van der Waals surface area contributed by atoms with Gasteiger partial charge >= 0.3 is 0 Å².